The van der Waals surface area contributed by atoms with Gasteiger partial charge in [-0.25, -0.2) is 19.2 Å². The van der Waals surface area contributed by atoms with E-state index in [-0.39, 0.29) is 189 Å². The summed E-state index contributed by atoms with van der Waals surface area (Å²) in [6.07, 6.45) is 12.7. The van der Waals surface area contributed by atoms with Crippen molar-refractivity contribution >= 4 is 142 Å². The maximum atomic E-state index is 15.1. The molecule has 722 valence electrons. The molecule has 0 saturated carbocycles. The molecule has 129 heavy (non-hydrogen) atoms. The number of methoxy groups -OCH3 is 3. The number of carbonyl (C=O) groups excluding carboxylic acids is 22. The minimum Gasteiger partial charge on any atom is -0.870 e. The topological polar surface area (TPSA) is 517 Å². The van der Waals surface area contributed by atoms with Crippen LogP contribution in [0, 0.1) is 117 Å². The summed E-state index contributed by atoms with van der Waals surface area (Å²) >= 11 is 0. The van der Waals surface area contributed by atoms with Crippen LogP contribution in [0.1, 0.15) is 204 Å². The third kappa shape index (κ3) is 61.1. The van der Waals surface area contributed by atoms with Crippen molar-refractivity contribution in [1.29, 1.82) is 0 Å². The number of ether oxygens (including phenoxy) is 8. The van der Waals surface area contributed by atoms with Gasteiger partial charge in [-0.05, 0) is 155 Å². The normalized spacial score (nSPS) is 16.1. The maximum Gasteiger partial charge on any atom is 1.00 e. The zero-order valence-electron chi connectivity index (χ0n) is 77.8. The van der Waals surface area contributed by atoms with Crippen molar-refractivity contribution in [2.45, 2.75) is 222 Å². The molecule has 0 aromatic heterocycles. The first-order valence-electron chi connectivity index (χ1n) is 42.9. The predicted molar refractivity (Wildman–Crippen MR) is 469 cm³/mol. The summed E-state index contributed by atoms with van der Waals surface area (Å²) in [4.78, 5) is 282. The first kappa shape index (κ1) is 131. The summed E-state index contributed by atoms with van der Waals surface area (Å²) in [5.74, 6) is -20.1. The van der Waals surface area contributed by atoms with E-state index in [1.165, 1.54) is 27.2 Å². The molecular weight excluding hydrogens is 1690 g/mol. The van der Waals surface area contributed by atoms with Crippen LogP contribution in [0.4, 0.5) is 0 Å². The molecule has 0 spiro atoms. The molecule has 0 heterocycles. The van der Waals surface area contributed by atoms with E-state index in [4.69, 9.17) is 43.0 Å². The number of carboxylic acid groups (broad SMARTS) is 1. The molecular formula is C95H143NaO33. The molecule has 33 nitrogen and oxygen atoms in total. The quantitative estimate of drug-likeness (QED) is 0.0202. The monoisotopic (exact) mass is 1830 g/mol. The SMILES string of the molecule is C=CC(=O)O.C=CC(=O)OCC(CC)(COC(=O)C=C)COC(=O)C=C.C=CC(C)=O.CCC(CCC(=O)C(CC(C=O)CC(C=O)CC(C)C=O)CC(C=O)CC(C=O)CC(C)C=O)(COC(=O)C(CC(C=O)CC(C=O)CC(C)C=O)CC(C=O)CC(C=O)CC(C)C=O)COC(=O)C(CC(C=O)CC(C=O)CC(C)C=O)CC(CC(CC(C)OC)OC)OC.[Na+].[OH-]. The van der Waals surface area contributed by atoms with Crippen LogP contribution in [0.15, 0.2) is 63.3 Å². The molecule has 0 aromatic carbocycles. The van der Waals surface area contributed by atoms with Gasteiger partial charge >= 0.3 is 65.4 Å². The second-order valence-corrected chi connectivity index (χ2v) is 33.3. The minimum atomic E-state index is -1.50. The summed E-state index contributed by atoms with van der Waals surface area (Å²) in [6, 6.07) is 0. The molecule has 34 heteroatoms. The van der Waals surface area contributed by atoms with E-state index < -0.39 is 191 Å². The third-order valence-corrected chi connectivity index (χ3v) is 22.2. The molecule has 0 rings (SSSR count). The molecule has 0 aliphatic heterocycles. The van der Waals surface area contributed by atoms with Crippen LogP contribution < -0.4 is 29.6 Å². The Morgan fingerprint density at radius 1 is 0.310 bits per heavy atom. The Bertz CT molecular complexity index is 3150. The predicted octanol–water partition coefficient (Wildman–Crippen LogP) is 7.50. The smallest absolute Gasteiger partial charge is 0.870 e. The van der Waals surface area contributed by atoms with E-state index in [1.807, 2.05) is 6.92 Å². The Balaban J connectivity index is -0.000000962. The molecule has 0 bridgehead atoms. The summed E-state index contributed by atoms with van der Waals surface area (Å²) < 4.78 is 44.6. The van der Waals surface area contributed by atoms with Gasteiger partial charge in [0.25, 0.3) is 0 Å². The molecule has 0 amide bonds. The number of esters is 5. The standard InChI is InChI=1S/C73H112O23.C15H20O6.C4H6O.C3H4O2.Na.H2O/c1-11-73(13-12-70(89)65(25-60(42-84)20-55(37-79)14-49(2)32-74)26-61(43-85)21-56(38-80)15-50(3)33-75,47-95-71(90)66(27-62(44-86)22-57(39-81)16-51(4)34-76)28-63(45-87)23-58(40-82)17-52(5)35-77)48-96-72(91)67(29-64(46-88)24-59(41-83)18-53(6)36-78)30-69(94-10)31-68(93-9)19-54(7)92-8;1-5-12(16)19-9-15(8-4,10-20-13(17)6-2)11-21-14(18)7-3;1-3-4(2)5;1-2-3(4)5;;/h32-46,49-69H,11-31,47-48H2,1-10H3;5-7H,1-3,8-11H2,4H3;3H,1H2,2H3;2H,1H2,(H,4,5);;1H2/q;;;;+1;/p-1. The van der Waals surface area contributed by atoms with E-state index in [0.29, 0.717) is 107 Å². The molecule has 20 atom stereocenters. The number of aliphatic carboxylic acids is 1. The summed E-state index contributed by atoms with van der Waals surface area (Å²) in [7, 11) is 4.49. The van der Waals surface area contributed by atoms with Crippen molar-refractivity contribution in [2.75, 3.05) is 54.4 Å². The fourth-order valence-electron chi connectivity index (χ4n) is 14.2. The molecule has 0 aliphatic carbocycles. The summed E-state index contributed by atoms with van der Waals surface area (Å²) in [5.41, 5.74) is -2.34. The van der Waals surface area contributed by atoms with E-state index in [9.17, 15) is 101 Å². The van der Waals surface area contributed by atoms with Crippen LogP contribution in [0.3, 0.4) is 0 Å². The van der Waals surface area contributed by atoms with Crippen LogP contribution >= 0.6 is 0 Å². The van der Waals surface area contributed by atoms with Crippen LogP contribution in [-0.4, -0.2) is 225 Å². The Morgan fingerprint density at radius 2 is 0.543 bits per heavy atom. The molecule has 0 saturated heterocycles. The van der Waals surface area contributed by atoms with Gasteiger partial charge in [-0.15, -0.1) is 0 Å². The van der Waals surface area contributed by atoms with Gasteiger partial charge in [0.15, 0.2) is 5.78 Å². The van der Waals surface area contributed by atoms with Crippen LogP contribution in [0.2, 0.25) is 0 Å². The third-order valence-electron chi connectivity index (χ3n) is 22.2. The van der Waals surface area contributed by atoms with Gasteiger partial charge in [0, 0.05) is 152 Å². The first-order chi connectivity index (χ1) is 60.3. The van der Waals surface area contributed by atoms with Crippen molar-refractivity contribution in [1.82, 2.24) is 0 Å². The van der Waals surface area contributed by atoms with Gasteiger partial charge in [-0.2, -0.15) is 0 Å². The second-order valence-electron chi connectivity index (χ2n) is 33.3. The van der Waals surface area contributed by atoms with Gasteiger partial charge in [0.2, 0.25) is 0 Å². The number of Topliss-reactive ketones (excluding diaryl/α,β-unsaturated/α-hetero) is 1. The van der Waals surface area contributed by atoms with Crippen molar-refractivity contribution in [3.8, 4) is 0 Å². The number of aldehydes is 15. The molecule has 0 aromatic rings. The molecule has 0 fully saturated rings. The maximum absolute atomic E-state index is 15.1. The number of rotatable bonds is 77. The number of allylic oxidation sites excluding steroid dienone is 1. The molecule has 0 aliphatic rings. The second kappa shape index (κ2) is 78.6. The minimum absolute atomic E-state index is 0. The number of hydrogen-bond donors (Lipinski definition) is 1. The fourth-order valence-corrected chi connectivity index (χ4v) is 14.2. The van der Waals surface area contributed by atoms with Crippen LogP contribution in [0.25, 0.3) is 0 Å². The largest absolute Gasteiger partial charge is 1.00 e. The zero-order chi connectivity index (χ0) is 97.6. The van der Waals surface area contributed by atoms with Crippen LogP contribution in [0.5, 0.6) is 0 Å². The Labute approximate surface area is 782 Å². The fraction of sp³-hybridized carbons (Fsp3) is 0.653. The molecule has 0 radical (unpaired) electrons. The number of carbonyl (C=O) groups is 23. The van der Waals surface area contributed by atoms with E-state index in [0.717, 1.165) is 24.3 Å². The van der Waals surface area contributed by atoms with Gasteiger partial charge in [0.1, 0.15) is 133 Å². The van der Waals surface area contributed by atoms with Crippen molar-refractivity contribution in [3.05, 3.63) is 63.3 Å². The average molecular weight is 1840 g/mol. The van der Waals surface area contributed by atoms with E-state index in [1.54, 1.807) is 55.6 Å². The van der Waals surface area contributed by atoms with Gasteiger partial charge < -0.3 is 120 Å². The Hall–Kier alpha value is -9.25. The molecule has 2 N–H and O–H groups in total. The Morgan fingerprint density at radius 3 is 0.752 bits per heavy atom. The van der Waals surface area contributed by atoms with Crippen molar-refractivity contribution < 1.29 is 188 Å². The van der Waals surface area contributed by atoms with Gasteiger partial charge in [0.05, 0.1) is 35.6 Å². The zero-order valence-corrected chi connectivity index (χ0v) is 79.8. The summed E-state index contributed by atoms with van der Waals surface area (Å²) in [5, 5.41) is 7.60. The van der Waals surface area contributed by atoms with Crippen molar-refractivity contribution in [3.63, 3.8) is 0 Å². The van der Waals surface area contributed by atoms with Crippen molar-refractivity contribution in [2.24, 2.45) is 117 Å². The van der Waals surface area contributed by atoms with E-state index in [2.05, 4.69) is 32.9 Å². The molecule has 20 unspecified atom stereocenters. The van der Waals surface area contributed by atoms with Gasteiger partial charge in [-0.3, -0.25) is 19.2 Å². The van der Waals surface area contributed by atoms with E-state index >= 15 is 9.59 Å². The average Bonchev–Trinajstić information content (AvgIpc) is 0.900. The number of ketones is 2. The summed E-state index contributed by atoms with van der Waals surface area (Å²) in [6.45, 7) is 29.4. The number of hydrogen-bond acceptors (Lipinski definition) is 32. The first-order valence-corrected chi connectivity index (χ1v) is 42.9. The van der Waals surface area contributed by atoms with Crippen LogP contribution in [-0.2, 0) is 148 Å². The number of carboxylic acids is 1. The Kier molecular flexibility index (Phi) is 79.5. The van der Waals surface area contributed by atoms with Gasteiger partial charge in [-0.1, -0.05) is 81.4 Å².